The maximum absolute atomic E-state index is 10.1. The van der Waals surface area contributed by atoms with Crippen LogP contribution in [0.5, 0.6) is 0 Å². The highest BCUT2D eigenvalue weighted by atomic mass is 16.6. The molecule has 0 saturated heterocycles. The van der Waals surface area contributed by atoms with Crippen LogP contribution >= 0.6 is 0 Å². The molecular formula is C19H25N6O2+. The summed E-state index contributed by atoms with van der Waals surface area (Å²) in [6.45, 7) is 2.61. The number of nitrogens with zero attached hydrogens (tertiary/aromatic N) is 4. The molecule has 8 heteroatoms. The first-order chi connectivity index (χ1) is 13.1. The van der Waals surface area contributed by atoms with E-state index in [1.54, 1.807) is 16.4 Å². The van der Waals surface area contributed by atoms with Crippen LogP contribution in [0.2, 0.25) is 0 Å². The molecule has 0 aromatic carbocycles. The Balaban J connectivity index is 1.60. The fourth-order valence-corrected chi connectivity index (χ4v) is 3.48. The number of aliphatic hydroxyl groups is 1. The molecule has 2 atom stereocenters. The van der Waals surface area contributed by atoms with Crippen molar-refractivity contribution in [1.82, 2.24) is 14.6 Å². The highest BCUT2D eigenvalue weighted by molar-refractivity contribution is 5.60. The third-order valence-electron chi connectivity index (χ3n) is 4.98. The number of aryl methyl sites for hydroxylation is 1. The van der Waals surface area contributed by atoms with Crippen LogP contribution < -0.4 is 20.2 Å². The van der Waals surface area contributed by atoms with Gasteiger partial charge in [-0.05, 0) is 32.3 Å². The Hall–Kier alpha value is -2.87. The summed E-state index contributed by atoms with van der Waals surface area (Å²) in [5, 5.41) is 21.4. The third kappa shape index (κ3) is 3.66. The van der Waals surface area contributed by atoms with Gasteiger partial charge in [-0.15, -0.1) is 0 Å². The van der Waals surface area contributed by atoms with E-state index in [9.17, 15) is 5.11 Å². The minimum absolute atomic E-state index is 0.0470. The number of aliphatic hydroxyl groups excluding tert-OH is 1. The van der Waals surface area contributed by atoms with Crippen LogP contribution in [0.15, 0.2) is 36.8 Å². The lowest BCUT2D eigenvalue weighted by atomic mass is 10.2. The molecule has 1 aliphatic carbocycles. The maximum Gasteiger partial charge on any atom is 0.227 e. The van der Waals surface area contributed by atoms with Gasteiger partial charge in [-0.2, -0.15) is 9.61 Å². The number of hydrogen-bond acceptors (Lipinski definition) is 6. The first kappa shape index (κ1) is 17.5. The second kappa shape index (κ2) is 7.40. The van der Waals surface area contributed by atoms with Crippen LogP contribution in [0.1, 0.15) is 30.4 Å². The minimum Gasteiger partial charge on any atom is -0.391 e. The molecule has 3 aromatic rings. The molecule has 1 aliphatic rings. The van der Waals surface area contributed by atoms with Gasteiger partial charge in [-0.1, -0.05) is 0 Å². The second-order valence-electron chi connectivity index (χ2n) is 6.95. The molecule has 0 spiro atoms. The van der Waals surface area contributed by atoms with Crippen molar-refractivity contribution in [2.45, 2.75) is 44.9 Å². The van der Waals surface area contributed by atoms with Gasteiger partial charge in [0.2, 0.25) is 12.4 Å². The predicted molar refractivity (Wildman–Crippen MR) is 101 cm³/mol. The Labute approximate surface area is 157 Å². The maximum atomic E-state index is 10.1. The number of pyridine rings is 1. The predicted octanol–water partition coefficient (Wildman–Crippen LogP) is 1.32. The van der Waals surface area contributed by atoms with E-state index in [1.165, 1.54) is 0 Å². The molecule has 4 rings (SSSR count). The van der Waals surface area contributed by atoms with E-state index in [2.05, 4.69) is 20.7 Å². The van der Waals surface area contributed by atoms with Crippen LogP contribution in [0.3, 0.4) is 0 Å². The van der Waals surface area contributed by atoms with Crippen molar-refractivity contribution in [2.24, 2.45) is 0 Å². The van der Waals surface area contributed by atoms with Crippen LogP contribution in [-0.2, 0) is 6.54 Å². The van der Waals surface area contributed by atoms with Crippen LogP contribution in [0, 0.1) is 6.92 Å². The minimum atomic E-state index is -0.320. The molecule has 0 radical (unpaired) electrons. The van der Waals surface area contributed by atoms with Crippen molar-refractivity contribution in [3.05, 3.63) is 47.9 Å². The van der Waals surface area contributed by atoms with Gasteiger partial charge < -0.3 is 15.7 Å². The SMILES string of the molecule is CO[n+]1cccc(CNc2cc(N[C@H]3CCC[C@@H]3O)nc3c(C)cnn23)c1. The molecule has 1 fully saturated rings. The van der Waals surface area contributed by atoms with Gasteiger partial charge in [-0.3, -0.25) is 4.84 Å². The summed E-state index contributed by atoms with van der Waals surface area (Å²) < 4.78 is 3.46. The van der Waals surface area contributed by atoms with Gasteiger partial charge in [0.25, 0.3) is 0 Å². The van der Waals surface area contributed by atoms with Crippen molar-refractivity contribution in [2.75, 3.05) is 17.7 Å². The molecular weight excluding hydrogens is 344 g/mol. The number of fused-ring (bicyclic) bond motifs is 1. The molecule has 0 amide bonds. The van der Waals surface area contributed by atoms with E-state index in [4.69, 9.17) is 4.84 Å². The second-order valence-corrected chi connectivity index (χ2v) is 6.95. The van der Waals surface area contributed by atoms with Gasteiger partial charge in [0.15, 0.2) is 5.65 Å². The third-order valence-corrected chi connectivity index (χ3v) is 4.98. The smallest absolute Gasteiger partial charge is 0.227 e. The van der Waals surface area contributed by atoms with Crippen molar-refractivity contribution >= 4 is 17.3 Å². The average Bonchev–Trinajstić information content (AvgIpc) is 3.26. The van der Waals surface area contributed by atoms with Gasteiger partial charge in [0.05, 0.1) is 18.3 Å². The highest BCUT2D eigenvalue weighted by Crippen LogP contribution is 2.25. The normalized spacial score (nSPS) is 19.4. The summed E-state index contributed by atoms with van der Waals surface area (Å²) >= 11 is 0. The Morgan fingerprint density at radius 1 is 1.41 bits per heavy atom. The van der Waals surface area contributed by atoms with Gasteiger partial charge in [0.1, 0.15) is 18.7 Å². The molecule has 0 aliphatic heterocycles. The molecule has 27 heavy (non-hydrogen) atoms. The zero-order chi connectivity index (χ0) is 18.8. The number of rotatable bonds is 6. The number of aromatic nitrogens is 4. The topological polar surface area (TPSA) is 87.6 Å². The van der Waals surface area contributed by atoms with Crippen molar-refractivity contribution in [3.8, 4) is 0 Å². The van der Waals surface area contributed by atoms with Crippen molar-refractivity contribution < 1.29 is 14.7 Å². The van der Waals surface area contributed by atoms with Crippen LogP contribution in [0.25, 0.3) is 5.65 Å². The largest absolute Gasteiger partial charge is 0.391 e. The van der Waals surface area contributed by atoms with Crippen molar-refractivity contribution in [1.29, 1.82) is 0 Å². The van der Waals surface area contributed by atoms with Crippen LogP contribution in [0.4, 0.5) is 11.6 Å². The molecule has 3 N–H and O–H groups in total. The lowest BCUT2D eigenvalue weighted by Gasteiger charge is -2.18. The summed E-state index contributed by atoms with van der Waals surface area (Å²) in [6.07, 6.45) is 8.09. The lowest BCUT2D eigenvalue weighted by molar-refractivity contribution is -0.885. The van der Waals surface area contributed by atoms with Crippen molar-refractivity contribution in [3.63, 3.8) is 0 Å². The molecule has 142 valence electrons. The summed E-state index contributed by atoms with van der Waals surface area (Å²) in [4.78, 5) is 9.90. The van der Waals surface area contributed by atoms with E-state index in [1.807, 2.05) is 43.7 Å². The number of hydrogen-bond donors (Lipinski definition) is 3. The first-order valence-electron chi connectivity index (χ1n) is 9.22. The molecule has 1 saturated carbocycles. The molecule has 0 bridgehead atoms. The van der Waals surface area contributed by atoms with E-state index in [0.29, 0.717) is 6.54 Å². The fraction of sp³-hybridized carbons (Fsp3) is 0.421. The highest BCUT2D eigenvalue weighted by Gasteiger charge is 2.25. The molecule has 0 unspecified atom stereocenters. The van der Waals surface area contributed by atoms with E-state index >= 15 is 0 Å². The summed E-state index contributed by atoms with van der Waals surface area (Å²) in [5.41, 5.74) is 2.88. The number of anilines is 2. The summed E-state index contributed by atoms with van der Waals surface area (Å²) in [6, 6.07) is 5.96. The first-order valence-corrected chi connectivity index (χ1v) is 9.22. The quantitative estimate of drug-likeness (QED) is 0.568. The van der Waals surface area contributed by atoms with E-state index in [-0.39, 0.29) is 12.1 Å². The Morgan fingerprint density at radius 3 is 3.07 bits per heavy atom. The lowest BCUT2D eigenvalue weighted by Crippen LogP contribution is -2.40. The Morgan fingerprint density at radius 2 is 2.30 bits per heavy atom. The molecule has 3 heterocycles. The van der Waals surface area contributed by atoms with E-state index < -0.39 is 0 Å². The fourth-order valence-electron chi connectivity index (χ4n) is 3.48. The van der Waals surface area contributed by atoms with Gasteiger partial charge in [0, 0.05) is 34.5 Å². The Bertz CT molecular complexity index is 941. The monoisotopic (exact) mass is 369 g/mol. The Kier molecular flexibility index (Phi) is 4.81. The molecule has 3 aromatic heterocycles. The van der Waals surface area contributed by atoms with Gasteiger partial charge in [-0.25, -0.2) is 4.98 Å². The zero-order valence-corrected chi connectivity index (χ0v) is 15.6. The van der Waals surface area contributed by atoms with E-state index in [0.717, 1.165) is 47.7 Å². The average molecular weight is 369 g/mol. The van der Waals surface area contributed by atoms with Crippen LogP contribution in [-0.4, -0.2) is 39.0 Å². The standard InChI is InChI=1S/C19H25N6O2/c1-13-10-21-25-18(20-11-14-5-4-8-24(12-14)27-2)9-17(23-19(13)25)22-15-6-3-7-16(15)26/h4-5,8-10,12,15-16,20,26H,3,6-7,11H2,1-2H3,(H,22,23)/q+1/t15-,16-/m0/s1. The zero-order valence-electron chi connectivity index (χ0n) is 15.6. The summed E-state index contributed by atoms with van der Waals surface area (Å²) in [7, 11) is 1.63. The number of nitrogens with one attached hydrogen (secondary N) is 2. The van der Waals surface area contributed by atoms with Gasteiger partial charge >= 0.3 is 0 Å². The molecule has 8 nitrogen and oxygen atoms in total. The summed E-state index contributed by atoms with van der Waals surface area (Å²) in [5.74, 6) is 1.59.